The summed E-state index contributed by atoms with van der Waals surface area (Å²) in [4.78, 5) is 0. The summed E-state index contributed by atoms with van der Waals surface area (Å²) in [7, 11) is 3.90. The number of methoxy groups -OCH3 is 2. The average Bonchev–Trinajstić information content (AvgIpc) is 2.71. The lowest BCUT2D eigenvalue weighted by atomic mass is 9.70. The Bertz CT molecular complexity index is 440. The zero-order valence-electron chi connectivity index (χ0n) is 17.7. The Hall–Kier alpha value is 0.650. The van der Waals surface area contributed by atoms with E-state index in [0.29, 0.717) is 33.4 Å². The highest BCUT2D eigenvalue weighted by Gasteiger charge is 2.47. The third kappa shape index (κ3) is 5.42. The molecule has 7 fully saturated rings. The van der Waals surface area contributed by atoms with E-state index < -0.39 is 0 Å². The molecule has 0 N–H and O–H groups in total. The Morgan fingerprint density at radius 1 is 0.593 bits per heavy atom. The SMILES string of the molecule is COC1CCC([I+]C2CC3CCC4CCC(CC4)CCC2CC3OC)CC1. The predicted molar refractivity (Wildman–Crippen MR) is 108 cm³/mol. The van der Waals surface area contributed by atoms with Crippen molar-refractivity contribution in [2.45, 2.75) is 110 Å². The minimum atomic E-state index is 0.331. The Balaban J connectivity index is 1.42. The summed E-state index contributed by atoms with van der Waals surface area (Å²) in [5.74, 6) is 3.93. The van der Waals surface area contributed by atoms with Crippen LogP contribution in [0.25, 0.3) is 0 Å². The topological polar surface area (TPSA) is 18.5 Å². The van der Waals surface area contributed by atoms with Gasteiger partial charge in [-0.25, -0.2) is 0 Å². The summed E-state index contributed by atoms with van der Waals surface area (Å²) in [6.45, 7) is 0. The van der Waals surface area contributed by atoms with E-state index in [1.165, 1.54) is 89.9 Å². The van der Waals surface area contributed by atoms with E-state index in [4.69, 9.17) is 9.47 Å². The fraction of sp³-hybridized carbons (Fsp3) is 1.00. The van der Waals surface area contributed by atoms with Crippen LogP contribution in [0.1, 0.15) is 89.9 Å². The van der Waals surface area contributed by atoms with Crippen LogP contribution in [0, 0.1) is 23.7 Å². The van der Waals surface area contributed by atoms with Gasteiger partial charge in [0.05, 0.1) is 12.2 Å². The standard InChI is InChI=1S/C24H42IO2/c1-26-22-13-11-21(12-14-22)25-23-15-20-10-8-18-5-3-17(4-6-18)7-9-19(23)16-24(20)27-2/h17-24H,3-16H2,1-2H3/q+1. The highest BCUT2D eigenvalue weighted by Crippen LogP contribution is 2.41. The molecule has 7 aliphatic rings. The maximum Gasteiger partial charge on any atom is 0.275 e. The zero-order valence-corrected chi connectivity index (χ0v) is 19.9. The molecule has 0 spiro atoms. The molecule has 0 aromatic rings. The van der Waals surface area contributed by atoms with Gasteiger partial charge in [0.1, 0.15) is 0 Å². The van der Waals surface area contributed by atoms with Gasteiger partial charge in [-0.15, -0.1) is 0 Å². The van der Waals surface area contributed by atoms with Gasteiger partial charge >= 0.3 is 0 Å². The molecule has 0 aromatic carbocycles. The molecule has 0 amide bonds. The Kier molecular flexibility index (Phi) is 7.83. The van der Waals surface area contributed by atoms with Gasteiger partial charge in [-0.1, -0.05) is 38.5 Å². The first-order valence-corrected chi connectivity index (χ1v) is 14.4. The molecule has 156 valence electrons. The molecule has 0 saturated heterocycles. The van der Waals surface area contributed by atoms with Crippen LogP contribution in [0.5, 0.6) is 0 Å². The molecule has 0 aliphatic heterocycles. The van der Waals surface area contributed by atoms with Crippen LogP contribution in [0.2, 0.25) is 0 Å². The highest BCUT2D eigenvalue weighted by atomic mass is 127. The van der Waals surface area contributed by atoms with Gasteiger partial charge in [0.2, 0.25) is 0 Å². The molecular formula is C24H42IO2+. The lowest BCUT2D eigenvalue weighted by Crippen LogP contribution is -3.69. The fourth-order valence-corrected chi connectivity index (χ4v) is 11.6. The second-order valence-electron chi connectivity index (χ2n) is 10.1. The average molecular weight is 490 g/mol. The number of ether oxygens (including phenoxy) is 2. The van der Waals surface area contributed by atoms with Crippen molar-refractivity contribution >= 4 is 0 Å². The first-order valence-electron chi connectivity index (χ1n) is 11.9. The molecule has 7 rings (SSSR count). The molecule has 4 bridgehead atoms. The van der Waals surface area contributed by atoms with Crippen molar-refractivity contribution in [2.24, 2.45) is 23.7 Å². The minimum absolute atomic E-state index is 0.331. The van der Waals surface area contributed by atoms with Crippen LogP contribution in [-0.4, -0.2) is 34.3 Å². The Labute approximate surface area is 178 Å². The normalized spacial score (nSPS) is 46.0. The molecule has 7 aliphatic carbocycles. The van der Waals surface area contributed by atoms with Crippen molar-refractivity contribution in [2.75, 3.05) is 14.2 Å². The van der Waals surface area contributed by atoms with Crippen LogP contribution in [0.3, 0.4) is 0 Å². The molecule has 0 aromatic heterocycles. The van der Waals surface area contributed by atoms with E-state index in [1.54, 1.807) is 0 Å². The first kappa shape index (κ1) is 20.9. The van der Waals surface area contributed by atoms with Crippen molar-refractivity contribution in [1.82, 2.24) is 0 Å². The third-order valence-corrected chi connectivity index (χ3v) is 13.2. The maximum atomic E-state index is 6.07. The summed E-state index contributed by atoms with van der Waals surface area (Å²) >= 11 is 0.331. The van der Waals surface area contributed by atoms with E-state index >= 15 is 0 Å². The summed E-state index contributed by atoms with van der Waals surface area (Å²) in [5, 5.41) is 0. The van der Waals surface area contributed by atoms with Crippen molar-refractivity contribution in [3.8, 4) is 0 Å². The molecule has 27 heavy (non-hydrogen) atoms. The number of rotatable bonds is 4. The Morgan fingerprint density at radius 2 is 1.19 bits per heavy atom. The van der Waals surface area contributed by atoms with E-state index in [2.05, 4.69) is 0 Å². The molecule has 0 heterocycles. The van der Waals surface area contributed by atoms with E-state index in [1.807, 2.05) is 14.2 Å². The van der Waals surface area contributed by atoms with Gasteiger partial charge in [0.15, 0.2) is 7.85 Å². The maximum absolute atomic E-state index is 6.07. The second-order valence-corrected chi connectivity index (χ2v) is 14.1. The largest absolute Gasteiger partial charge is 0.381 e. The molecule has 7 saturated carbocycles. The van der Waals surface area contributed by atoms with E-state index in [-0.39, 0.29) is 0 Å². The first-order chi connectivity index (χ1) is 13.2. The molecule has 4 atom stereocenters. The lowest BCUT2D eigenvalue weighted by Gasteiger charge is -2.40. The predicted octanol–water partition coefficient (Wildman–Crippen LogP) is 2.82. The van der Waals surface area contributed by atoms with E-state index in [0.717, 1.165) is 31.5 Å². The van der Waals surface area contributed by atoms with Crippen LogP contribution >= 0.6 is 0 Å². The van der Waals surface area contributed by atoms with Crippen molar-refractivity contribution in [3.05, 3.63) is 0 Å². The minimum Gasteiger partial charge on any atom is -0.381 e. The molecular weight excluding hydrogens is 447 g/mol. The smallest absolute Gasteiger partial charge is 0.275 e. The van der Waals surface area contributed by atoms with Crippen LogP contribution in [0.4, 0.5) is 0 Å². The van der Waals surface area contributed by atoms with Crippen molar-refractivity contribution in [1.29, 1.82) is 0 Å². The van der Waals surface area contributed by atoms with Crippen molar-refractivity contribution < 1.29 is 30.7 Å². The number of alkyl halides is 2. The zero-order chi connectivity index (χ0) is 18.6. The second kappa shape index (κ2) is 10.1. The highest BCUT2D eigenvalue weighted by molar-refractivity contribution is 4.89. The van der Waals surface area contributed by atoms with Gasteiger partial charge in [0, 0.05) is 20.1 Å². The van der Waals surface area contributed by atoms with Gasteiger partial charge in [-0.05, 0) is 69.1 Å². The summed E-state index contributed by atoms with van der Waals surface area (Å²) in [5.41, 5.74) is 0. The molecule has 3 heteroatoms. The Morgan fingerprint density at radius 3 is 1.78 bits per heavy atom. The monoisotopic (exact) mass is 489 g/mol. The van der Waals surface area contributed by atoms with Gasteiger partial charge in [-0.2, -0.15) is 0 Å². The number of hydrogen-bond acceptors (Lipinski definition) is 2. The fourth-order valence-electron chi connectivity index (χ4n) is 6.64. The van der Waals surface area contributed by atoms with Gasteiger partial charge < -0.3 is 9.47 Å². The van der Waals surface area contributed by atoms with Gasteiger partial charge in [-0.3, -0.25) is 0 Å². The number of halogens is 1. The summed E-state index contributed by atoms with van der Waals surface area (Å²) in [6.07, 6.45) is 21.7. The lowest BCUT2D eigenvalue weighted by molar-refractivity contribution is -0.733. The van der Waals surface area contributed by atoms with Crippen molar-refractivity contribution in [3.63, 3.8) is 0 Å². The number of hydrogen-bond donors (Lipinski definition) is 0. The van der Waals surface area contributed by atoms with Crippen LogP contribution in [-0.2, 0) is 9.47 Å². The molecule has 2 nitrogen and oxygen atoms in total. The van der Waals surface area contributed by atoms with Gasteiger partial charge in [0.25, 0.3) is 21.2 Å². The van der Waals surface area contributed by atoms with E-state index in [9.17, 15) is 0 Å². The van der Waals surface area contributed by atoms with Crippen LogP contribution < -0.4 is 21.2 Å². The summed E-state index contributed by atoms with van der Waals surface area (Å²) < 4.78 is 13.9. The summed E-state index contributed by atoms with van der Waals surface area (Å²) in [6, 6.07) is 0. The molecule has 0 radical (unpaired) electrons. The third-order valence-electron chi connectivity index (χ3n) is 8.54. The van der Waals surface area contributed by atoms with Crippen LogP contribution in [0.15, 0.2) is 0 Å². The molecule has 4 unspecified atom stereocenters. The quantitative estimate of drug-likeness (QED) is 0.447.